The Morgan fingerprint density at radius 3 is 2.50 bits per heavy atom. The summed E-state index contributed by atoms with van der Waals surface area (Å²) in [6, 6.07) is 2.12. The number of carbonyl (C=O) groups is 1. The second-order valence-electron chi connectivity index (χ2n) is 5.93. The maximum Gasteiger partial charge on any atom is 0.276 e. The summed E-state index contributed by atoms with van der Waals surface area (Å²) < 4.78 is 13.6. The van der Waals surface area contributed by atoms with Crippen molar-refractivity contribution in [1.82, 2.24) is 5.32 Å². The Labute approximate surface area is 117 Å². The number of hydrogen-bond donors (Lipinski definition) is 1. The molecule has 0 bridgehead atoms. The molecule has 6 heteroatoms. The number of hydrogen-bond acceptors (Lipinski definition) is 3. The number of nitrogens with one attached hydrogen (secondary N) is 1. The molecule has 0 radical (unpaired) electrons. The zero-order chi connectivity index (χ0) is 15.5. The molecule has 0 saturated carbocycles. The lowest BCUT2D eigenvalue weighted by Gasteiger charge is -2.18. The molecule has 0 aliphatic carbocycles. The molecule has 110 valence electrons. The third-order valence-corrected chi connectivity index (χ3v) is 2.94. The fourth-order valence-electron chi connectivity index (χ4n) is 1.64. The number of carbonyl (C=O) groups excluding carboxylic acids is 1. The maximum absolute atomic E-state index is 13.6. The molecule has 0 aliphatic rings. The van der Waals surface area contributed by atoms with Crippen LogP contribution in [0.15, 0.2) is 12.1 Å². The van der Waals surface area contributed by atoms with Crippen LogP contribution >= 0.6 is 0 Å². The molecule has 0 aromatic heterocycles. The first-order chi connectivity index (χ1) is 9.11. The van der Waals surface area contributed by atoms with E-state index in [2.05, 4.69) is 5.32 Å². The third-order valence-electron chi connectivity index (χ3n) is 2.94. The van der Waals surface area contributed by atoms with Crippen LogP contribution in [0.2, 0.25) is 0 Å². The van der Waals surface area contributed by atoms with E-state index in [0.29, 0.717) is 6.54 Å². The first-order valence-corrected chi connectivity index (χ1v) is 6.34. The first-order valence-electron chi connectivity index (χ1n) is 6.34. The van der Waals surface area contributed by atoms with Gasteiger partial charge in [-0.2, -0.15) is 0 Å². The summed E-state index contributed by atoms with van der Waals surface area (Å²) in [5.74, 6) is -1.25. The molecule has 1 aromatic carbocycles. The summed E-state index contributed by atoms with van der Waals surface area (Å²) in [4.78, 5) is 22.0. The fourth-order valence-corrected chi connectivity index (χ4v) is 1.64. The van der Waals surface area contributed by atoms with Crippen LogP contribution in [0.5, 0.6) is 0 Å². The van der Waals surface area contributed by atoms with Crippen LogP contribution in [0, 0.1) is 28.3 Å². The number of benzene rings is 1. The van der Waals surface area contributed by atoms with Gasteiger partial charge in [-0.1, -0.05) is 20.8 Å². The second kappa shape index (κ2) is 5.98. The van der Waals surface area contributed by atoms with Crippen molar-refractivity contribution in [2.75, 3.05) is 6.54 Å². The molecule has 1 N–H and O–H groups in total. The number of halogens is 1. The van der Waals surface area contributed by atoms with Gasteiger partial charge in [0, 0.05) is 18.2 Å². The second-order valence-corrected chi connectivity index (χ2v) is 5.93. The van der Waals surface area contributed by atoms with Crippen molar-refractivity contribution in [2.45, 2.75) is 34.1 Å². The van der Waals surface area contributed by atoms with Crippen LogP contribution in [-0.2, 0) is 0 Å². The van der Waals surface area contributed by atoms with Crippen molar-refractivity contribution in [3.05, 3.63) is 39.2 Å². The van der Waals surface area contributed by atoms with Crippen LogP contribution < -0.4 is 5.32 Å². The van der Waals surface area contributed by atoms with E-state index in [-0.39, 0.29) is 22.2 Å². The van der Waals surface area contributed by atoms with E-state index in [4.69, 9.17) is 0 Å². The van der Waals surface area contributed by atoms with Crippen molar-refractivity contribution in [3.8, 4) is 0 Å². The Kier molecular flexibility index (Phi) is 4.81. The van der Waals surface area contributed by atoms with Crippen molar-refractivity contribution in [2.24, 2.45) is 5.41 Å². The molecule has 0 spiro atoms. The topological polar surface area (TPSA) is 72.2 Å². The lowest BCUT2D eigenvalue weighted by atomic mass is 9.92. The molecule has 0 fully saturated rings. The zero-order valence-electron chi connectivity index (χ0n) is 12.1. The SMILES string of the molecule is Cc1c(F)cc(C(=O)NCCC(C)(C)C)cc1[N+](=O)[O-]. The summed E-state index contributed by atoms with van der Waals surface area (Å²) in [5.41, 5.74) is -0.418. The van der Waals surface area contributed by atoms with E-state index in [0.717, 1.165) is 18.6 Å². The number of nitrogens with zero attached hydrogens (tertiary/aromatic N) is 1. The predicted molar refractivity (Wildman–Crippen MR) is 74.2 cm³/mol. The van der Waals surface area contributed by atoms with E-state index in [1.54, 1.807) is 0 Å². The van der Waals surface area contributed by atoms with Crippen molar-refractivity contribution in [1.29, 1.82) is 0 Å². The molecule has 20 heavy (non-hydrogen) atoms. The van der Waals surface area contributed by atoms with Gasteiger partial charge in [0.1, 0.15) is 5.82 Å². The fraction of sp³-hybridized carbons (Fsp3) is 0.500. The van der Waals surface area contributed by atoms with E-state index in [1.807, 2.05) is 20.8 Å². The highest BCUT2D eigenvalue weighted by Crippen LogP contribution is 2.23. The van der Waals surface area contributed by atoms with Crippen LogP contribution in [0.1, 0.15) is 43.1 Å². The normalized spacial score (nSPS) is 11.2. The molecule has 0 atom stereocenters. The van der Waals surface area contributed by atoms with Crippen LogP contribution in [0.4, 0.5) is 10.1 Å². The zero-order valence-corrected chi connectivity index (χ0v) is 12.1. The van der Waals surface area contributed by atoms with Crippen LogP contribution in [0.25, 0.3) is 0 Å². The van der Waals surface area contributed by atoms with Gasteiger partial charge in [-0.15, -0.1) is 0 Å². The third kappa shape index (κ3) is 4.29. The van der Waals surface area contributed by atoms with Gasteiger partial charge in [-0.05, 0) is 24.8 Å². The minimum atomic E-state index is -0.750. The van der Waals surface area contributed by atoms with Gasteiger partial charge in [0.2, 0.25) is 0 Å². The van der Waals surface area contributed by atoms with Gasteiger partial charge < -0.3 is 5.32 Å². The van der Waals surface area contributed by atoms with Gasteiger partial charge in [0.15, 0.2) is 0 Å². The molecular weight excluding hydrogens is 263 g/mol. The average molecular weight is 282 g/mol. The number of nitro benzene ring substituents is 1. The van der Waals surface area contributed by atoms with Gasteiger partial charge in [-0.3, -0.25) is 14.9 Å². The van der Waals surface area contributed by atoms with Gasteiger partial charge in [-0.25, -0.2) is 4.39 Å². The summed E-state index contributed by atoms with van der Waals surface area (Å²) in [6.07, 6.45) is 0.759. The highest BCUT2D eigenvalue weighted by atomic mass is 19.1. The van der Waals surface area contributed by atoms with E-state index < -0.39 is 16.6 Å². The monoisotopic (exact) mass is 282 g/mol. The van der Waals surface area contributed by atoms with Gasteiger partial charge >= 0.3 is 0 Å². The Hall–Kier alpha value is -1.98. The summed E-state index contributed by atoms with van der Waals surface area (Å²) in [6.45, 7) is 7.86. The largest absolute Gasteiger partial charge is 0.352 e. The molecule has 1 rings (SSSR count). The van der Waals surface area contributed by atoms with E-state index in [1.165, 1.54) is 6.92 Å². The Morgan fingerprint density at radius 1 is 1.40 bits per heavy atom. The smallest absolute Gasteiger partial charge is 0.276 e. The first kappa shape index (κ1) is 16.1. The molecule has 5 nitrogen and oxygen atoms in total. The van der Waals surface area contributed by atoms with Gasteiger partial charge in [0.05, 0.1) is 10.5 Å². The minimum Gasteiger partial charge on any atom is -0.352 e. The van der Waals surface area contributed by atoms with Crippen molar-refractivity contribution < 1.29 is 14.1 Å². The Balaban J connectivity index is 2.86. The van der Waals surface area contributed by atoms with E-state index >= 15 is 0 Å². The van der Waals surface area contributed by atoms with Crippen molar-refractivity contribution >= 4 is 11.6 Å². The molecule has 0 unspecified atom stereocenters. The highest BCUT2D eigenvalue weighted by molar-refractivity contribution is 5.95. The quantitative estimate of drug-likeness (QED) is 0.680. The standard InChI is InChI=1S/C14H19FN2O3/c1-9-11(15)7-10(8-12(9)17(19)20)13(18)16-6-5-14(2,3)4/h7-8H,5-6H2,1-4H3,(H,16,18). The Morgan fingerprint density at radius 2 is 2.00 bits per heavy atom. The minimum absolute atomic E-state index is 0.0336. The van der Waals surface area contributed by atoms with E-state index in [9.17, 15) is 19.3 Å². The van der Waals surface area contributed by atoms with Crippen LogP contribution in [-0.4, -0.2) is 17.4 Å². The summed E-state index contributed by atoms with van der Waals surface area (Å²) in [7, 11) is 0. The molecule has 0 saturated heterocycles. The lowest BCUT2D eigenvalue weighted by Crippen LogP contribution is -2.27. The maximum atomic E-state index is 13.6. The summed E-state index contributed by atoms with van der Waals surface area (Å²) >= 11 is 0. The average Bonchev–Trinajstić information content (AvgIpc) is 2.30. The Bertz CT molecular complexity index is 536. The molecule has 1 aromatic rings. The molecule has 0 aliphatic heterocycles. The molecule has 1 amide bonds. The lowest BCUT2D eigenvalue weighted by molar-refractivity contribution is -0.385. The highest BCUT2D eigenvalue weighted by Gasteiger charge is 2.19. The number of rotatable bonds is 4. The van der Waals surface area contributed by atoms with Crippen LogP contribution in [0.3, 0.4) is 0 Å². The summed E-state index contributed by atoms with van der Waals surface area (Å²) in [5, 5.41) is 13.4. The number of amides is 1. The van der Waals surface area contributed by atoms with Gasteiger partial charge in [0.25, 0.3) is 11.6 Å². The van der Waals surface area contributed by atoms with Crippen molar-refractivity contribution in [3.63, 3.8) is 0 Å². The predicted octanol–water partition coefficient (Wildman–Crippen LogP) is 3.21. The molecule has 0 heterocycles. The number of nitro groups is 1. The molecular formula is C14H19FN2O3.